The third-order valence-electron chi connectivity index (χ3n) is 0.333. The van der Waals surface area contributed by atoms with E-state index in [0.29, 0.717) is 0 Å². The van der Waals surface area contributed by atoms with Crippen LogP contribution in [0.4, 0.5) is 0 Å². The molecular formula is C9H10O5. The van der Waals surface area contributed by atoms with Gasteiger partial charge in [-0.25, -0.2) is 0 Å². The predicted octanol–water partition coefficient (Wildman–Crippen LogP) is -1.75. The Morgan fingerprint density at radius 3 is 1.00 bits per heavy atom. The molecule has 0 aliphatic rings. The summed E-state index contributed by atoms with van der Waals surface area (Å²) in [6.45, 7) is 16.3. The van der Waals surface area contributed by atoms with Gasteiger partial charge in [-0.3, -0.25) is 0 Å². The van der Waals surface area contributed by atoms with Crippen LogP contribution in [-0.2, 0) is 14.4 Å². The van der Waals surface area contributed by atoms with Gasteiger partial charge in [-0.15, -0.1) is 13.2 Å². The molecular weight excluding hydrogens is 188 g/mol. The molecule has 0 heterocycles. The Kier molecular flexibility index (Phi) is 49.6. The molecule has 0 radical (unpaired) electrons. The molecule has 0 aliphatic carbocycles. The van der Waals surface area contributed by atoms with Crippen molar-refractivity contribution in [2.45, 2.75) is 0 Å². The van der Waals surface area contributed by atoms with Gasteiger partial charge >= 0.3 is 11.6 Å². The van der Waals surface area contributed by atoms with Gasteiger partial charge in [0.25, 0.3) is 0 Å². The molecule has 76 valence electrons. The molecule has 0 amide bonds. The van der Waals surface area contributed by atoms with Crippen LogP contribution in [0.15, 0.2) is 38.5 Å². The topological polar surface area (TPSA) is 97.3 Å². The van der Waals surface area contributed by atoms with Gasteiger partial charge in [-0.2, -0.15) is 0 Å². The predicted molar refractivity (Wildman–Crippen MR) is 47.4 cm³/mol. The zero-order chi connectivity index (χ0) is 12.6. The van der Waals surface area contributed by atoms with Crippen molar-refractivity contribution in [1.29, 1.82) is 0 Å². The van der Waals surface area contributed by atoms with Crippen LogP contribution in [0.2, 0.25) is 0 Å². The van der Waals surface area contributed by atoms with Crippen molar-refractivity contribution in [2.75, 3.05) is 0 Å². The van der Waals surface area contributed by atoms with Gasteiger partial charge in [0.15, 0.2) is 0 Å². The molecule has 0 saturated heterocycles. The van der Waals surface area contributed by atoms with E-state index < -0.39 is 11.9 Å². The van der Waals surface area contributed by atoms with Crippen molar-refractivity contribution in [3.05, 3.63) is 38.5 Å². The van der Waals surface area contributed by atoms with Gasteiger partial charge in [0.05, 0.1) is 11.9 Å². The summed E-state index contributed by atoms with van der Waals surface area (Å²) in [5.41, 5.74) is 0. The number of carboxylic acid groups (broad SMARTS) is 2. The van der Waals surface area contributed by atoms with Crippen LogP contribution in [0.1, 0.15) is 0 Å². The molecule has 0 rings (SSSR count). The summed E-state index contributed by atoms with van der Waals surface area (Å²) >= 11 is 0. The first-order chi connectivity index (χ1) is 6.54. The van der Waals surface area contributed by atoms with Gasteiger partial charge in [-0.1, -0.05) is 13.2 Å². The summed E-state index contributed by atoms with van der Waals surface area (Å²) in [5, 5.41) is 18.3. The van der Waals surface area contributed by atoms with Crippen LogP contribution in [-0.4, -0.2) is 18.7 Å². The van der Waals surface area contributed by atoms with Gasteiger partial charge in [0.1, 0.15) is 0 Å². The molecule has 0 atom stereocenters. The maximum atomic E-state index is 9.14. The number of carboxylic acids is 2. The zero-order valence-electron chi connectivity index (χ0n) is 7.52. The first-order valence-corrected chi connectivity index (χ1v) is 2.91. The van der Waals surface area contributed by atoms with E-state index >= 15 is 0 Å². The molecule has 0 bridgehead atoms. The van der Waals surface area contributed by atoms with Gasteiger partial charge in [0.2, 0.25) is 0 Å². The van der Waals surface area contributed by atoms with Crippen molar-refractivity contribution in [2.24, 2.45) is 0 Å². The van der Waals surface area contributed by atoms with Crippen molar-refractivity contribution in [3.63, 3.8) is 0 Å². The van der Waals surface area contributed by atoms with Crippen molar-refractivity contribution < 1.29 is 24.6 Å². The summed E-state index contributed by atoms with van der Waals surface area (Å²) in [5.74, 6) is -2.46. The van der Waals surface area contributed by atoms with E-state index in [-0.39, 0.29) is 0 Å². The Labute approximate surface area is 82.7 Å². The normalized spacial score (nSPS) is 5.29. The van der Waals surface area contributed by atoms with E-state index in [2.05, 4.69) is 33.1 Å². The average Bonchev–Trinajstić information content (AvgIpc) is 2.24. The number of carbonyl (C=O) groups is 2. The second-order valence-corrected chi connectivity index (χ2v) is 1.05. The van der Waals surface area contributed by atoms with E-state index in [4.69, 9.17) is 24.6 Å². The molecule has 0 aromatic rings. The Bertz CT molecular complexity index is 154. The summed E-state index contributed by atoms with van der Waals surface area (Å²) in [6, 6.07) is 0. The number of rotatable bonds is 2. The molecule has 14 heavy (non-hydrogen) atoms. The monoisotopic (exact) mass is 198 g/mol. The Morgan fingerprint density at radius 1 is 0.929 bits per heavy atom. The fourth-order valence-corrected chi connectivity index (χ4v) is 0. The summed E-state index contributed by atoms with van der Waals surface area (Å²) in [7, 11) is 0. The fraction of sp³-hybridized carbons (Fsp3) is 0. The van der Waals surface area contributed by atoms with E-state index in [0.717, 1.165) is 12.2 Å². The van der Waals surface area contributed by atoms with Gasteiger partial charge < -0.3 is 19.8 Å². The number of hydrogen-bond acceptors (Lipinski definition) is 5. The molecule has 0 N–H and O–H groups in total. The third-order valence-corrected chi connectivity index (χ3v) is 0.333. The fourth-order valence-electron chi connectivity index (χ4n) is 0. The summed E-state index contributed by atoms with van der Waals surface area (Å²) in [4.78, 5) is 25.8. The summed E-state index contributed by atoms with van der Waals surface area (Å²) < 4.78 is 0. The number of carbonyl (C=O) groups excluding carboxylic acids is 3. The van der Waals surface area contributed by atoms with Crippen LogP contribution in [0.5, 0.6) is 0 Å². The van der Waals surface area contributed by atoms with E-state index in [1.807, 2.05) is 0 Å². The minimum atomic E-state index is -1.23. The maximum absolute atomic E-state index is 9.14. The standard InChI is InChI=1S/2C3H4O2.C2H4.CO/c2*1-2-3(4)5;2*1-2/h2*2H,1H2,(H,4,5);1-2H2;/q;;;+2/p-2. The summed E-state index contributed by atoms with van der Waals surface area (Å²) in [6.07, 6.45) is 1.44. The average molecular weight is 198 g/mol. The SMILES string of the molecule is C=C.C=CC(=O)[O-].C=CC(=O)[O-].[C+2]=O. The zero-order valence-corrected chi connectivity index (χ0v) is 7.52. The third kappa shape index (κ3) is 208. The second kappa shape index (κ2) is 30.6. The molecule has 0 aromatic heterocycles. The van der Waals surface area contributed by atoms with Crippen LogP contribution in [0.3, 0.4) is 0 Å². The molecule has 5 nitrogen and oxygen atoms in total. The van der Waals surface area contributed by atoms with Crippen LogP contribution >= 0.6 is 0 Å². The van der Waals surface area contributed by atoms with Crippen molar-refractivity contribution in [3.8, 4) is 0 Å². The number of aliphatic carboxylic acids is 2. The van der Waals surface area contributed by atoms with Gasteiger partial charge in [-0.05, 0) is 12.2 Å². The van der Waals surface area contributed by atoms with E-state index in [1.165, 1.54) is 0 Å². The minimum absolute atomic E-state index is 0.722. The quantitative estimate of drug-likeness (QED) is 0.387. The Balaban J connectivity index is -0.0000000528. The Hall–Kier alpha value is -2.04. The first-order valence-electron chi connectivity index (χ1n) is 2.91. The van der Waals surface area contributed by atoms with Crippen LogP contribution in [0, 0.1) is 0 Å². The van der Waals surface area contributed by atoms with E-state index in [1.54, 1.807) is 0 Å². The molecule has 0 saturated carbocycles. The molecule has 0 aromatic carbocycles. The Morgan fingerprint density at radius 2 is 1.00 bits per heavy atom. The molecule has 5 heteroatoms. The van der Waals surface area contributed by atoms with Gasteiger partial charge in [0, 0.05) is 0 Å². The van der Waals surface area contributed by atoms with E-state index in [9.17, 15) is 0 Å². The molecule has 0 aliphatic heterocycles. The van der Waals surface area contributed by atoms with Crippen LogP contribution in [0.25, 0.3) is 0 Å². The second-order valence-electron chi connectivity index (χ2n) is 1.05. The van der Waals surface area contributed by atoms with Crippen LogP contribution < -0.4 is 10.2 Å². The molecule has 0 spiro atoms. The van der Waals surface area contributed by atoms with Crippen molar-refractivity contribution in [1.82, 2.24) is 0 Å². The molecule has 0 unspecified atom stereocenters. The first kappa shape index (κ1) is 22.7. The van der Waals surface area contributed by atoms with Crippen molar-refractivity contribution >= 4 is 18.7 Å². The molecule has 0 fully saturated rings. The number of hydrogen-bond donors (Lipinski definition) is 0.